The van der Waals surface area contributed by atoms with Crippen molar-refractivity contribution in [2.45, 2.75) is 66.8 Å². The summed E-state index contributed by atoms with van der Waals surface area (Å²) in [5, 5.41) is 15.6. The topological polar surface area (TPSA) is 84.0 Å². The monoisotopic (exact) mass is 464 g/mol. The van der Waals surface area contributed by atoms with Gasteiger partial charge in [-0.25, -0.2) is 0 Å². The first kappa shape index (κ1) is 25.3. The van der Waals surface area contributed by atoms with Crippen molar-refractivity contribution in [1.82, 2.24) is 15.5 Å². The van der Waals surface area contributed by atoms with Gasteiger partial charge in [-0.3, -0.25) is 14.9 Å². The van der Waals surface area contributed by atoms with Gasteiger partial charge in [-0.15, -0.1) is 10.2 Å². The number of carbonyl (C=O) groups excluding carboxylic acids is 2. The van der Waals surface area contributed by atoms with E-state index in [1.54, 1.807) is 12.1 Å². The lowest BCUT2D eigenvalue weighted by Crippen LogP contribution is -2.48. The van der Waals surface area contributed by atoms with E-state index in [9.17, 15) is 9.59 Å². The second-order valence-electron chi connectivity index (χ2n) is 9.42. The summed E-state index contributed by atoms with van der Waals surface area (Å²) >= 11 is 7.31. The molecule has 2 aromatic rings. The first-order valence-corrected chi connectivity index (χ1v) is 11.9. The molecule has 0 saturated heterocycles. The van der Waals surface area contributed by atoms with Crippen molar-refractivity contribution in [1.29, 1.82) is 0 Å². The van der Waals surface area contributed by atoms with Crippen LogP contribution in [0.25, 0.3) is 10.6 Å². The highest BCUT2D eigenvalue weighted by molar-refractivity contribution is 7.18. The lowest BCUT2D eigenvalue weighted by Gasteiger charge is -2.26. The maximum absolute atomic E-state index is 13.0. The Kier molecular flexibility index (Phi) is 9.01. The van der Waals surface area contributed by atoms with Gasteiger partial charge >= 0.3 is 0 Å². The molecule has 0 aliphatic carbocycles. The molecule has 6 nitrogen and oxygen atoms in total. The van der Waals surface area contributed by atoms with Crippen molar-refractivity contribution in [3.05, 3.63) is 29.3 Å². The van der Waals surface area contributed by atoms with Crippen molar-refractivity contribution in [3.8, 4) is 10.6 Å². The van der Waals surface area contributed by atoms with Gasteiger partial charge in [0.25, 0.3) is 0 Å². The van der Waals surface area contributed by atoms with Gasteiger partial charge in [0.1, 0.15) is 11.0 Å². The average Bonchev–Trinajstić information content (AvgIpc) is 3.12. The van der Waals surface area contributed by atoms with Gasteiger partial charge in [0, 0.05) is 17.0 Å². The minimum absolute atomic E-state index is 0.0119. The molecule has 2 rings (SSSR count). The third kappa shape index (κ3) is 8.22. The summed E-state index contributed by atoms with van der Waals surface area (Å²) in [6.45, 7) is 12.5. The number of anilines is 1. The minimum atomic E-state index is -0.627. The standard InChI is InChI=1S/C23H33ClN4O2S/c1-7-15(3)19(25-18(29)11-14(2)13-23(4,5)6)20(30)26-22-28-27-21(31-22)16-9-8-10-17(24)12-16/h8-10,12,14-15,19H,7,11,13H2,1-6H3,(H,25,29)(H,26,28,30). The molecular formula is C23H33ClN4O2S. The van der Waals surface area contributed by atoms with Crippen LogP contribution in [-0.2, 0) is 9.59 Å². The fourth-order valence-electron chi connectivity index (χ4n) is 3.56. The van der Waals surface area contributed by atoms with Crippen LogP contribution in [0.2, 0.25) is 5.02 Å². The summed E-state index contributed by atoms with van der Waals surface area (Å²) < 4.78 is 0. The van der Waals surface area contributed by atoms with Crippen molar-refractivity contribution in [2.24, 2.45) is 17.3 Å². The first-order chi connectivity index (χ1) is 14.5. The quantitative estimate of drug-likeness (QED) is 0.491. The Morgan fingerprint density at radius 1 is 1.19 bits per heavy atom. The Labute approximate surface area is 194 Å². The molecule has 1 aromatic heterocycles. The Bertz CT molecular complexity index is 894. The Balaban J connectivity index is 2.04. The Hall–Kier alpha value is -1.99. The number of aromatic nitrogens is 2. The second kappa shape index (κ2) is 11.0. The molecule has 8 heteroatoms. The number of benzene rings is 1. The normalized spacial score (nSPS) is 14.5. The second-order valence-corrected chi connectivity index (χ2v) is 10.8. The van der Waals surface area contributed by atoms with Crippen LogP contribution in [0.4, 0.5) is 5.13 Å². The molecule has 3 unspecified atom stereocenters. The van der Waals surface area contributed by atoms with Crippen LogP contribution < -0.4 is 10.6 Å². The fraction of sp³-hybridized carbons (Fsp3) is 0.565. The number of amides is 2. The molecule has 0 radical (unpaired) electrons. The molecular weight excluding hydrogens is 432 g/mol. The molecule has 1 heterocycles. The van der Waals surface area contributed by atoms with Crippen molar-refractivity contribution in [3.63, 3.8) is 0 Å². The van der Waals surface area contributed by atoms with E-state index in [0.29, 0.717) is 21.6 Å². The van der Waals surface area contributed by atoms with Crippen LogP contribution in [0.15, 0.2) is 24.3 Å². The largest absolute Gasteiger partial charge is 0.344 e. The zero-order valence-electron chi connectivity index (χ0n) is 19.2. The lowest BCUT2D eigenvalue weighted by atomic mass is 9.84. The molecule has 0 saturated carbocycles. The van der Waals surface area contributed by atoms with Crippen LogP contribution >= 0.6 is 22.9 Å². The summed E-state index contributed by atoms with van der Waals surface area (Å²) in [7, 11) is 0. The van der Waals surface area contributed by atoms with Crippen molar-refractivity contribution < 1.29 is 9.59 Å². The molecule has 31 heavy (non-hydrogen) atoms. The predicted octanol–water partition coefficient (Wildman–Crippen LogP) is 5.79. The summed E-state index contributed by atoms with van der Waals surface area (Å²) in [4.78, 5) is 25.6. The molecule has 2 N–H and O–H groups in total. The average molecular weight is 465 g/mol. The molecule has 2 amide bonds. The lowest BCUT2D eigenvalue weighted by molar-refractivity contribution is -0.128. The predicted molar refractivity (Wildman–Crippen MR) is 128 cm³/mol. The molecule has 0 bridgehead atoms. The van der Waals surface area contributed by atoms with Gasteiger partial charge in [0.05, 0.1) is 0 Å². The number of hydrogen-bond acceptors (Lipinski definition) is 5. The summed E-state index contributed by atoms with van der Waals surface area (Å²) in [5.41, 5.74) is 0.997. The van der Waals surface area contributed by atoms with E-state index in [2.05, 4.69) is 48.5 Å². The first-order valence-electron chi connectivity index (χ1n) is 10.7. The van der Waals surface area contributed by atoms with Crippen LogP contribution in [0, 0.1) is 17.3 Å². The van der Waals surface area contributed by atoms with Gasteiger partial charge in [0.15, 0.2) is 0 Å². The number of hydrogen-bond donors (Lipinski definition) is 2. The van der Waals surface area contributed by atoms with Crippen molar-refractivity contribution >= 4 is 39.9 Å². The third-order valence-electron chi connectivity index (χ3n) is 5.03. The van der Waals surface area contributed by atoms with Gasteiger partial charge in [-0.1, -0.05) is 83.0 Å². The molecule has 0 aliphatic rings. The number of nitrogens with one attached hydrogen (secondary N) is 2. The number of halogens is 1. The third-order valence-corrected chi connectivity index (χ3v) is 6.16. The number of nitrogens with zero attached hydrogens (tertiary/aromatic N) is 2. The van der Waals surface area contributed by atoms with Gasteiger partial charge in [0.2, 0.25) is 16.9 Å². The van der Waals surface area contributed by atoms with Gasteiger partial charge in [-0.2, -0.15) is 0 Å². The minimum Gasteiger partial charge on any atom is -0.344 e. The van der Waals surface area contributed by atoms with Gasteiger partial charge in [-0.05, 0) is 35.8 Å². The molecule has 0 aliphatic heterocycles. The molecule has 0 spiro atoms. The molecule has 1 aromatic carbocycles. The van der Waals surface area contributed by atoms with Crippen LogP contribution in [0.1, 0.15) is 60.8 Å². The van der Waals surface area contributed by atoms with Crippen LogP contribution in [0.3, 0.4) is 0 Å². The van der Waals surface area contributed by atoms with E-state index < -0.39 is 6.04 Å². The Morgan fingerprint density at radius 2 is 1.90 bits per heavy atom. The summed E-state index contributed by atoms with van der Waals surface area (Å²) in [5.74, 6) is -0.152. The SMILES string of the molecule is CCC(C)C(NC(=O)CC(C)CC(C)(C)C)C(=O)Nc1nnc(-c2cccc(Cl)c2)s1. The van der Waals surface area contributed by atoms with E-state index in [0.717, 1.165) is 18.4 Å². The zero-order valence-corrected chi connectivity index (χ0v) is 20.7. The van der Waals surface area contributed by atoms with Crippen LogP contribution in [-0.4, -0.2) is 28.1 Å². The van der Waals surface area contributed by atoms with E-state index in [1.807, 2.05) is 26.0 Å². The molecule has 170 valence electrons. The summed E-state index contributed by atoms with van der Waals surface area (Å²) in [6.07, 6.45) is 2.10. The Morgan fingerprint density at radius 3 is 2.52 bits per heavy atom. The van der Waals surface area contributed by atoms with E-state index in [-0.39, 0.29) is 29.1 Å². The van der Waals surface area contributed by atoms with Crippen molar-refractivity contribution in [2.75, 3.05) is 5.32 Å². The highest BCUT2D eigenvalue weighted by Crippen LogP contribution is 2.29. The number of carbonyl (C=O) groups is 2. The highest BCUT2D eigenvalue weighted by atomic mass is 35.5. The summed E-state index contributed by atoms with van der Waals surface area (Å²) in [6, 6.07) is 6.69. The maximum Gasteiger partial charge on any atom is 0.249 e. The number of rotatable bonds is 9. The maximum atomic E-state index is 13.0. The fourth-order valence-corrected chi connectivity index (χ4v) is 4.50. The smallest absolute Gasteiger partial charge is 0.249 e. The zero-order chi connectivity index (χ0) is 23.2. The molecule has 3 atom stereocenters. The van der Waals surface area contributed by atoms with E-state index in [1.165, 1.54) is 11.3 Å². The highest BCUT2D eigenvalue weighted by Gasteiger charge is 2.28. The van der Waals surface area contributed by atoms with Gasteiger partial charge < -0.3 is 5.32 Å². The van der Waals surface area contributed by atoms with Crippen LogP contribution in [0.5, 0.6) is 0 Å². The molecule has 0 fully saturated rings. The van der Waals surface area contributed by atoms with E-state index >= 15 is 0 Å². The van der Waals surface area contributed by atoms with E-state index in [4.69, 9.17) is 11.6 Å².